The van der Waals surface area contributed by atoms with Crippen molar-refractivity contribution in [1.29, 1.82) is 0 Å². The third-order valence-electron chi connectivity index (χ3n) is 3.57. The van der Waals surface area contributed by atoms with E-state index >= 15 is 0 Å². The van der Waals surface area contributed by atoms with Gasteiger partial charge in [0.2, 0.25) is 5.82 Å². The van der Waals surface area contributed by atoms with Crippen LogP contribution in [0.3, 0.4) is 0 Å². The highest BCUT2D eigenvalue weighted by Crippen LogP contribution is 2.20. The van der Waals surface area contributed by atoms with Gasteiger partial charge < -0.3 is 4.74 Å². The highest BCUT2D eigenvalue weighted by Gasteiger charge is 2.12. The van der Waals surface area contributed by atoms with E-state index in [1.807, 2.05) is 48.5 Å². The zero-order chi connectivity index (χ0) is 19.1. The minimum absolute atomic E-state index is 0.0937. The first kappa shape index (κ1) is 18.8. The molecule has 136 valence electrons. The van der Waals surface area contributed by atoms with Crippen LogP contribution in [0.5, 0.6) is 5.75 Å². The third-order valence-corrected chi connectivity index (χ3v) is 4.29. The number of hydrazone groups is 1. The van der Waals surface area contributed by atoms with E-state index in [4.69, 9.17) is 4.74 Å². The van der Waals surface area contributed by atoms with Crippen molar-refractivity contribution in [3.8, 4) is 5.75 Å². The number of hydrogen-bond donors (Lipinski definition) is 1. The topological polar surface area (TPSA) is 89.7 Å². The number of benzene rings is 2. The zero-order valence-electron chi connectivity index (χ0n) is 14.1. The molecule has 2 aromatic carbocycles. The third kappa shape index (κ3) is 5.48. The Morgan fingerprint density at radius 2 is 1.89 bits per heavy atom. The van der Waals surface area contributed by atoms with Crippen LogP contribution in [0.15, 0.2) is 72.0 Å². The predicted octanol–water partition coefficient (Wildman–Crippen LogP) is 4.62. The van der Waals surface area contributed by atoms with Crippen LogP contribution in [0.2, 0.25) is 0 Å². The van der Waals surface area contributed by atoms with Gasteiger partial charge in [-0.05, 0) is 76.2 Å². The van der Waals surface area contributed by atoms with Crippen molar-refractivity contribution in [3.63, 3.8) is 0 Å². The number of rotatable bonds is 7. The van der Waals surface area contributed by atoms with E-state index < -0.39 is 4.92 Å². The number of nitrogens with zero attached hydrogens (tertiary/aromatic N) is 3. The van der Waals surface area contributed by atoms with Crippen molar-refractivity contribution in [2.24, 2.45) is 5.10 Å². The van der Waals surface area contributed by atoms with E-state index in [1.165, 1.54) is 21.9 Å². The van der Waals surface area contributed by atoms with E-state index in [0.29, 0.717) is 6.61 Å². The zero-order valence-corrected chi connectivity index (χ0v) is 16.2. The van der Waals surface area contributed by atoms with Gasteiger partial charge in [0.25, 0.3) is 0 Å². The Morgan fingerprint density at radius 1 is 1.15 bits per heavy atom. The highest BCUT2D eigenvalue weighted by molar-refractivity contribution is 14.1. The van der Waals surface area contributed by atoms with Gasteiger partial charge in [-0.2, -0.15) is 5.10 Å². The molecule has 0 aliphatic rings. The first-order chi connectivity index (χ1) is 13.1. The maximum Gasteiger partial charge on any atom is 0.313 e. The maximum atomic E-state index is 10.9. The molecule has 0 amide bonds. The largest absolute Gasteiger partial charge is 0.489 e. The molecule has 0 radical (unpaired) electrons. The number of anilines is 1. The second-order valence-electron chi connectivity index (χ2n) is 5.48. The van der Waals surface area contributed by atoms with Crippen LogP contribution in [-0.2, 0) is 6.61 Å². The lowest BCUT2D eigenvalue weighted by Crippen LogP contribution is -1.99. The number of aromatic nitrogens is 1. The molecule has 0 fully saturated rings. The van der Waals surface area contributed by atoms with Crippen molar-refractivity contribution < 1.29 is 9.66 Å². The quantitative estimate of drug-likeness (QED) is 0.234. The van der Waals surface area contributed by atoms with E-state index in [0.717, 1.165) is 16.9 Å². The second-order valence-corrected chi connectivity index (χ2v) is 6.73. The highest BCUT2D eigenvalue weighted by atomic mass is 127. The van der Waals surface area contributed by atoms with Crippen molar-refractivity contribution >= 4 is 40.3 Å². The summed E-state index contributed by atoms with van der Waals surface area (Å²) in [6.45, 7) is 0.495. The summed E-state index contributed by atoms with van der Waals surface area (Å²) in [4.78, 5) is 14.3. The minimum atomic E-state index is -0.509. The summed E-state index contributed by atoms with van der Waals surface area (Å²) >= 11 is 2.26. The molecule has 3 aromatic rings. The second kappa shape index (κ2) is 9.08. The van der Waals surface area contributed by atoms with Gasteiger partial charge in [0.1, 0.15) is 12.4 Å². The lowest BCUT2D eigenvalue weighted by Gasteiger charge is -2.06. The standard InChI is InChI=1S/C19H15IN4O3/c20-16-7-3-15(4-8-16)13-27-17-9-5-14(6-10-17)12-22-23-19-18(24(25)26)2-1-11-21-19/h1-12H,13H2,(H,21,23)/b22-12+. The predicted molar refractivity (Wildman–Crippen MR) is 112 cm³/mol. The number of pyridine rings is 1. The van der Waals surface area contributed by atoms with Crippen molar-refractivity contribution in [3.05, 3.63) is 91.7 Å². The van der Waals surface area contributed by atoms with Gasteiger partial charge in [-0.15, -0.1) is 0 Å². The van der Waals surface area contributed by atoms with Gasteiger partial charge in [-0.3, -0.25) is 15.5 Å². The van der Waals surface area contributed by atoms with E-state index in [9.17, 15) is 10.1 Å². The molecule has 0 saturated heterocycles. The molecule has 8 heteroatoms. The average Bonchev–Trinajstić information content (AvgIpc) is 2.69. The Morgan fingerprint density at radius 3 is 2.59 bits per heavy atom. The maximum absolute atomic E-state index is 10.9. The summed E-state index contributed by atoms with van der Waals surface area (Å²) in [7, 11) is 0. The molecule has 0 unspecified atom stereocenters. The molecular weight excluding hydrogens is 459 g/mol. The van der Waals surface area contributed by atoms with Crippen molar-refractivity contribution in [2.45, 2.75) is 6.61 Å². The van der Waals surface area contributed by atoms with Gasteiger partial charge in [0.15, 0.2) is 0 Å². The van der Waals surface area contributed by atoms with E-state index in [1.54, 1.807) is 6.21 Å². The SMILES string of the molecule is O=[N+]([O-])c1cccnc1N/N=C/c1ccc(OCc2ccc(I)cc2)cc1. The summed E-state index contributed by atoms with van der Waals surface area (Å²) in [5.74, 6) is 0.843. The Labute approximate surface area is 169 Å². The lowest BCUT2D eigenvalue weighted by molar-refractivity contribution is -0.384. The molecule has 27 heavy (non-hydrogen) atoms. The molecule has 3 rings (SSSR count). The Bertz CT molecular complexity index is 944. The number of nitro groups is 1. The van der Waals surface area contributed by atoms with Crippen LogP contribution in [-0.4, -0.2) is 16.1 Å². The molecule has 1 heterocycles. The van der Waals surface area contributed by atoms with E-state index in [2.05, 4.69) is 38.1 Å². The monoisotopic (exact) mass is 474 g/mol. The molecule has 0 bridgehead atoms. The van der Waals surface area contributed by atoms with Gasteiger partial charge in [0, 0.05) is 15.8 Å². The van der Waals surface area contributed by atoms with Gasteiger partial charge in [-0.1, -0.05) is 12.1 Å². The van der Waals surface area contributed by atoms with Crippen molar-refractivity contribution in [1.82, 2.24) is 4.98 Å². The van der Waals surface area contributed by atoms with Gasteiger partial charge >= 0.3 is 5.69 Å². The Kier molecular flexibility index (Phi) is 6.31. The van der Waals surface area contributed by atoms with Crippen LogP contribution < -0.4 is 10.2 Å². The average molecular weight is 474 g/mol. The Hall–Kier alpha value is -3.01. The fourth-order valence-corrected chi connectivity index (χ4v) is 2.56. The van der Waals surface area contributed by atoms with Crippen LogP contribution in [0, 0.1) is 13.7 Å². The number of hydrogen-bond acceptors (Lipinski definition) is 6. The molecule has 0 aliphatic heterocycles. The molecule has 0 spiro atoms. The number of halogens is 1. The molecule has 1 aromatic heterocycles. The Balaban J connectivity index is 1.56. The summed E-state index contributed by atoms with van der Waals surface area (Å²) < 4.78 is 6.94. The fourth-order valence-electron chi connectivity index (χ4n) is 2.20. The number of ether oxygens (including phenoxy) is 1. The minimum Gasteiger partial charge on any atom is -0.489 e. The van der Waals surface area contributed by atoms with Crippen LogP contribution in [0.1, 0.15) is 11.1 Å². The molecule has 0 saturated carbocycles. The summed E-state index contributed by atoms with van der Waals surface area (Å²) in [5, 5.41) is 14.9. The number of nitrogens with one attached hydrogen (secondary N) is 1. The van der Waals surface area contributed by atoms with E-state index in [-0.39, 0.29) is 11.5 Å². The summed E-state index contributed by atoms with van der Waals surface area (Å²) in [5.41, 5.74) is 4.38. The van der Waals surface area contributed by atoms with Crippen LogP contribution >= 0.6 is 22.6 Å². The lowest BCUT2D eigenvalue weighted by atomic mass is 10.2. The van der Waals surface area contributed by atoms with Crippen LogP contribution in [0.25, 0.3) is 0 Å². The van der Waals surface area contributed by atoms with Crippen LogP contribution in [0.4, 0.5) is 11.5 Å². The summed E-state index contributed by atoms with van der Waals surface area (Å²) in [6.07, 6.45) is 3.02. The van der Waals surface area contributed by atoms with Gasteiger partial charge in [-0.25, -0.2) is 4.98 Å². The molecule has 1 N–H and O–H groups in total. The molecular formula is C19H15IN4O3. The molecule has 0 atom stereocenters. The first-order valence-electron chi connectivity index (χ1n) is 7.97. The fraction of sp³-hybridized carbons (Fsp3) is 0.0526. The summed E-state index contributed by atoms with van der Waals surface area (Å²) in [6, 6.07) is 18.4. The first-order valence-corrected chi connectivity index (χ1v) is 9.05. The normalized spacial score (nSPS) is 10.7. The molecule has 0 aliphatic carbocycles. The smallest absolute Gasteiger partial charge is 0.313 e. The molecule has 7 nitrogen and oxygen atoms in total. The van der Waals surface area contributed by atoms with Crippen molar-refractivity contribution in [2.75, 3.05) is 5.43 Å². The van der Waals surface area contributed by atoms with Gasteiger partial charge in [0.05, 0.1) is 11.1 Å².